The van der Waals surface area contributed by atoms with Crippen molar-refractivity contribution >= 4 is 10.8 Å². The zero-order valence-electron chi connectivity index (χ0n) is 10.7. The first-order chi connectivity index (χ1) is 8.81. The molecule has 0 saturated heterocycles. The summed E-state index contributed by atoms with van der Waals surface area (Å²) in [6.45, 7) is 2.35. The summed E-state index contributed by atoms with van der Waals surface area (Å²) in [6, 6.07) is 14.8. The maximum absolute atomic E-state index is 9.19. The van der Waals surface area contributed by atoms with Gasteiger partial charge in [0.25, 0.3) is 0 Å². The van der Waals surface area contributed by atoms with Crippen molar-refractivity contribution in [1.82, 2.24) is 0 Å². The maximum Gasteiger partial charge on any atom is 0.0998 e. The lowest BCUT2D eigenvalue weighted by Gasteiger charge is -2.18. The molecule has 2 aromatic rings. The largest absolute Gasteiger partial charge is 0.192 e. The monoisotopic (exact) mass is 235 g/mol. The number of benzene rings is 2. The summed E-state index contributed by atoms with van der Waals surface area (Å²) in [5.41, 5.74) is 2.23. The summed E-state index contributed by atoms with van der Waals surface area (Å²) in [7, 11) is 0. The lowest BCUT2D eigenvalue weighted by atomic mass is 9.86. The van der Waals surface area contributed by atoms with Gasteiger partial charge in [0.15, 0.2) is 0 Å². The van der Waals surface area contributed by atoms with Crippen LogP contribution in [0.25, 0.3) is 10.8 Å². The van der Waals surface area contributed by atoms with Crippen molar-refractivity contribution in [3.8, 4) is 6.07 Å². The van der Waals surface area contributed by atoms with Gasteiger partial charge < -0.3 is 0 Å². The zero-order valence-corrected chi connectivity index (χ0v) is 10.7. The van der Waals surface area contributed by atoms with Crippen LogP contribution in [-0.2, 0) is 0 Å². The van der Waals surface area contributed by atoms with Crippen LogP contribution in [0.15, 0.2) is 36.4 Å². The molecule has 3 rings (SSSR count). The fourth-order valence-electron chi connectivity index (χ4n) is 3.35. The van der Waals surface area contributed by atoms with Crippen LogP contribution < -0.4 is 0 Å². The Labute approximate surface area is 108 Å². The van der Waals surface area contributed by atoms with E-state index in [1.165, 1.54) is 30.2 Å². The molecule has 2 aromatic carbocycles. The molecule has 0 radical (unpaired) electrons. The Bertz CT molecular complexity index is 621. The Kier molecular flexibility index (Phi) is 2.80. The molecule has 0 heterocycles. The van der Waals surface area contributed by atoms with Gasteiger partial charge in [-0.3, -0.25) is 0 Å². The molecule has 1 nitrogen and oxygen atoms in total. The minimum Gasteiger partial charge on any atom is -0.192 e. The van der Waals surface area contributed by atoms with E-state index in [1.54, 1.807) is 0 Å². The molecule has 1 saturated carbocycles. The number of fused-ring (bicyclic) bond motifs is 1. The van der Waals surface area contributed by atoms with E-state index in [4.69, 9.17) is 0 Å². The number of nitriles is 1. The summed E-state index contributed by atoms with van der Waals surface area (Å²) in [5, 5.41) is 11.6. The standard InChI is InChI=1S/C17H17N/c1-12-5-4-8-14(12)17-10-9-13(11-18)15-6-2-3-7-16(15)17/h2-3,6-7,9-10,12,14H,4-5,8H2,1H3. The number of nitrogens with zero attached hydrogens (tertiary/aromatic N) is 1. The normalized spacial score (nSPS) is 23.1. The molecule has 90 valence electrons. The minimum absolute atomic E-state index is 0.669. The van der Waals surface area contributed by atoms with Crippen molar-refractivity contribution in [2.45, 2.75) is 32.1 Å². The number of hydrogen-bond acceptors (Lipinski definition) is 1. The van der Waals surface area contributed by atoms with E-state index in [-0.39, 0.29) is 0 Å². The van der Waals surface area contributed by atoms with Gasteiger partial charge in [0, 0.05) is 0 Å². The van der Waals surface area contributed by atoms with Gasteiger partial charge >= 0.3 is 0 Å². The SMILES string of the molecule is CC1CCCC1c1ccc(C#N)c2ccccc12. The smallest absolute Gasteiger partial charge is 0.0998 e. The average molecular weight is 235 g/mol. The molecule has 2 unspecified atom stereocenters. The maximum atomic E-state index is 9.19. The molecule has 1 heteroatoms. The van der Waals surface area contributed by atoms with Crippen LogP contribution in [0, 0.1) is 17.2 Å². The van der Waals surface area contributed by atoms with Crippen LogP contribution in [0.5, 0.6) is 0 Å². The Morgan fingerprint density at radius 2 is 1.83 bits per heavy atom. The fourth-order valence-corrected chi connectivity index (χ4v) is 3.35. The van der Waals surface area contributed by atoms with Gasteiger partial charge in [0.05, 0.1) is 11.6 Å². The second-order valence-corrected chi connectivity index (χ2v) is 5.37. The Hall–Kier alpha value is -1.81. The first-order valence-electron chi connectivity index (χ1n) is 6.73. The Morgan fingerprint density at radius 1 is 1.06 bits per heavy atom. The van der Waals surface area contributed by atoms with Crippen LogP contribution >= 0.6 is 0 Å². The van der Waals surface area contributed by atoms with Crippen LogP contribution in [0.3, 0.4) is 0 Å². The first kappa shape index (κ1) is 11.3. The van der Waals surface area contributed by atoms with Gasteiger partial charge in [0.1, 0.15) is 0 Å². The predicted molar refractivity (Wildman–Crippen MR) is 74.4 cm³/mol. The molecule has 2 atom stereocenters. The highest BCUT2D eigenvalue weighted by atomic mass is 14.3. The van der Waals surface area contributed by atoms with Crippen molar-refractivity contribution in [2.24, 2.45) is 5.92 Å². The van der Waals surface area contributed by atoms with E-state index in [0.29, 0.717) is 5.92 Å². The lowest BCUT2D eigenvalue weighted by Crippen LogP contribution is -2.03. The molecular weight excluding hydrogens is 218 g/mol. The van der Waals surface area contributed by atoms with E-state index in [9.17, 15) is 5.26 Å². The molecule has 18 heavy (non-hydrogen) atoms. The summed E-state index contributed by atoms with van der Waals surface area (Å²) in [6.07, 6.45) is 3.95. The van der Waals surface area contributed by atoms with Crippen molar-refractivity contribution in [2.75, 3.05) is 0 Å². The fraction of sp³-hybridized carbons (Fsp3) is 0.353. The van der Waals surface area contributed by atoms with Gasteiger partial charge in [-0.15, -0.1) is 0 Å². The second-order valence-electron chi connectivity index (χ2n) is 5.37. The van der Waals surface area contributed by atoms with Crippen molar-refractivity contribution in [3.63, 3.8) is 0 Å². The number of hydrogen-bond donors (Lipinski definition) is 0. The van der Waals surface area contributed by atoms with Crippen molar-refractivity contribution in [3.05, 3.63) is 47.5 Å². The molecule has 0 aliphatic heterocycles. The molecule has 0 bridgehead atoms. The molecule has 0 amide bonds. The molecule has 0 spiro atoms. The third-order valence-electron chi connectivity index (χ3n) is 4.34. The quantitative estimate of drug-likeness (QED) is 0.707. The molecule has 0 aromatic heterocycles. The van der Waals surface area contributed by atoms with Crippen molar-refractivity contribution in [1.29, 1.82) is 5.26 Å². The summed E-state index contributed by atoms with van der Waals surface area (Å²) in [5.74, 6) is 1.43. The molecule has 0 N–H and O–H groups in total. The minimum atomic E-state index is 0.669. The van der Waals surface area contributed by atoms with Gasteiger partial charge in [-0.2, -0.15) is 5.26 Å². The summed E-state index contributed by atoms with van der Waals surface area (Å²) < 4.78 is 0. The van der Waals surface area contributed by atoms with E-state index in [1.807, 2.05) is 12.1 Å². The predicted octanol–water partition coefficient (Wildman–Crippen LogP) is 4.62. The van der Waals surface area contributed by atoms with Crippen LogP contribution in [0.4, 0.5) is 0 Å². The molecule has 1 aliphatic carbocycles. The summed E-state index contributed by atoms with van der Waals surface area (Å²) >= 11 is 0. The van der Waals surface area contributed by atoms with E-state index < -0.39 is 0 Å². The van der Waals surface area contributed by atoms with Crippen LogP contribution in [0.2, 0.25) is 0 Å². The van der Waals surface area contributed by atoms with Gasteiger partial charge in [-0.05, 0) is 40.7 Å². The second kappa shape index (κ2) is 4.46. The average Bonchev–Trinajstić information content (AvgIpc) is 2.83. The lowest BCUT2D eigenvalue weighted by molar-refractivity contribution is 0.536. The molecule has 1 fully saturated rings. The zero-order chi connectivity index (χ0) is 12.5. The third kappa shape index (κ3) is 1.69. The molecular formula is C17H17N. The van der Waals surface area contributed by atoms with E-state index in [2.05, 4.69) is 37.3 Å². The van der Waals surface area contributed by atoms with Gasteiger partial charge in [-0.25, -0.2) is 0 Å². The van der Waals surface area contributed by atoms with Crippen LogP contribution in [-0.4, -0.2) is 0 Å². The van der Waals surface area contributed by atoms with E-state index >= 15 is 0 Å². The Balaban J connectivity index is 2.22. The highest BCUT2D eigenvalue weighted by Gasteiger charge is 2.26. The summed E-state index contributed by atoms with van der Waals surface area (Å²) in [4.78, 5) is 0. The topological polar surface area (TPSA) is 23.8 Å². The van der Waals surface area contributed by atoms with E-state index in [0.717, 1.165) is 16.9 Å². The van der Waals surface area contributed by atoms with Crippen molar-refractivity contribution < 1.29 is 0 Å². The highest BCUT2D eigenvalue weighted by molar-refractivity contribution is 5.91. The van der Waals surface area contributed by atoms with Crippen LogP contribution in [0.1, 0.15) is 43.2 Å². The highest BCUT2D eigenvalue weighted by Crippen LogP contribution is 2.42. The molecule has 1 aliphatic rings. The first-order valence-corrected chi connectivity index (χ1v) is 6.73. The van der Waals surface area contributed by atoms with Gasteiger partial charge in [-0.1, -0.05) is 50.1 Å². The Morgan fingerprint density at radius 3 is 2.50 bits per heavy atom. The number of rotatable bonds is 1. The van der Waals surface area contributed by atoms with Gasteiger partial charge in [0.2, 0.25) is 0 Å². The third-order valence-corrected chi connectivity index (χ3v) is 4.34.